The zero-order chi connectivity index (χ0) is 18.7. The van der Waals surface area contributed by atoms with Crippen LogP contribution in [0, 0.1) is 13.8 Å². The van der Waals surface area contributed by atoms with Crippen LogP contribution in [0.5, 0.6) is 0 Å². The summed E-state index contributed by atoms with van der Waals surface area (Å²) in [5.41, 5.74) is 2.57. The number of nitrogens with zero attached hydrogens (tertiary/aromatic N) is 2. The smallest absolute Gasteiger partial charge is 0.223 e. The van der Waals surface area contributed by atoms with Gasteiger partial charge >= 0.3 is 0 Å². The van der Waals surface area contributed by atoms with Crippen molar-refractivity contribution in [3.8, 4) is 0 Å². The molecule has 1 amide bonds. The Morgan fingerprint density at radius 1 is 1.15 bits per heavy atom. The highest BCUT2D eigenvalue weighted by Gasteiger charge is 2.34. The Labute approximate surface area is 161 Å². The number of thioether (sulfide) groups is 1. The van der Waals surface area contributed by atoms with Gasteiger partial charge < -0.3 is 4.90 Å². The predicted octanol–water partition coefficient (Wildman–Crippen LogP) is 2.12. The van der Waals surface area contributed by atoms with Gasteiger partial charge in [0.25, 0.3) is 0 Å². The van der Waals surface area contributed by atoms with Crippen LogP contribution in [0.1, 0.15) is 24.0 Å². The lowest BCUT2D eigenvalue weighted by molar-refractivity contribution is -0.132. The van der Waals surface area contributed by atoms with Gasteiger partial charge in [0.2, 0.25) is 5.91 Å². The molecule has 1 aromatic carbocycles. The number of aryl methyl sites for hydroxylation is 2. The SMILES string of the molecule is Cc1ccc(SCCC(=O)N2CCN(C3CCS(=O)(=O)C3)CC2)cc1C. The van der Waals surface area contributed by atoms with E-state index in [4.69, 9.17) is 0 Å². The summed E-state index contributed by atoms with van der Waals surface area (Å²) in [5.74, 6) is 1.60. The summed E-state index contributed by atoms with van der Waals surface area (Å²) in [4.78, 5) is 17.8. The molecule has 0 saturated carbocycles. The summed E-state index contributed by atoms with van der Waals surface area (Å²) in [7, 11) is -2.84. The van der Waals surface area contributed by atoms with Crippen molar-refractivity contribution < 1.29 is 13.2 Å². The molecule has 26 heavy (non-hydrogen) atoms. The minimum absolute atomic E-state index is 0.151. The van der Waals surface area contributed by atoms with E-state index >= 15 is 0 Å². The first-order chi connectivity index (χ1) is 12.3. The number of carbonyl (C=O) groups excluding carboxylic acids is 1. The van der Waals surface area contributed by atoms with E-state index in [0.717, 1.165) is 25.3 Å². The van der Waals surface area contributed by atoms with E-state index < -0.39 is 9.84 Å². The molecule has 7 heteroatoms. The molecule has 2 aliphatic rings. The number of hydrogen-bond acceptors (Lipinski definition) is 5. The number of carbonyl (C=O) groups is 1. The molecule has 0 radical (unpaired) electrons. The van der Waals surface area contributed by atoms with Gasteiger partial charge in [0.1, 0.15) is 0 Å². The summed E-state index contributed by atoms with van der Waals surface area (Å²) < 4.78 is 23.3. The van der Waals surface area contributed by atoms with Crippen molar-refractivity contribution in [3.05, 3.63) is 29.3 Å². The molecule has 0 aromatic heterocycles. The Kier molecular flexibility index (Phi) is 6.30. The Balaban J connectivity index is 1.40. The van der Waals surface area contributed by atoms with Gasteiger partial charge in [-0.1, -0.05) is 6.07 Å². The number of sulfone groups is 1. The van der Waals surface area contributed by atoms with Crippen molar-refractivity contribution in [2.24, 2.45) is 0 Å². The van der Waals surface area contributed by atoms with Gasteiger partial charge in [0, 0.05) is 49.3 Å². The van der Waals surface area contributed by atoms with Crippen LogP contribution in [0.25, 0.3) is 0 Å². The molecular formula is C19H28N2O3S2. The van der Waals surface area contributed by atoms with Crippen LogP contribution >= 0.6 is 11.8 Å². The zero-order valence-corrected chi connectivity index (χ0v) is 17.2. The highest BCUT2D eigenvalue weighted by Crippen LogP contribution is 2.23. The molecule has 2 heterocycles. The van der Waals surface area contributed by atoms with Crippen LogP contribution in [0.3, 0.4) is 0 Å². The first-order valence-corrected chi connectivity index (χ1v) is 12.1. The second kappa shape index (κ2) is 8.31. The Morgan fingerprint density at radius 2 is 1.88 bits per heavy atom. The zero-order valence-electron chi connectivity index (χ0n) is 15.6. The number of hydrogen-bond donors (Lipinski definition) is 0. The van der Waals surface area contributed by atoms with Crippen LogP contribution in [-0.2, 0) is 14.6 Å². The monoisotopic (exact) mass is 396 g/mol. The van der Waals surface area contributed by atoms with Crippen molar-refractivity contribution in [2.45, 2.75) is 37.6 Å². The van der Waals surface area contributed by atoms with Crippen LogP contribution in [0.15, 0.2) is 23.1 Å². The van der Waals surface area contributed by atoms with Crippen molar-refractivity contribution in [3.63, 3.8) is 0 Å². The van der Waals surface area contributed by atoms with E-state index in [9.17, 15) is 13.2 Å². The van der Waals surface area contributed by atoms with E-state index in [-0.39, 0.29) is 17.7 Å². The molecule has 144 valence electrons. The molecular weight excluding hydrogens is 368 g/mol. The maximum absolute atomic E-state index is 12.4. The molecule has 2 aliphatic heterocycles. The quantitative estimate of drug-likeness (QED) is 0.714. The van der Waals surface area contributed by atoms with Crippen LogP contribution < -0.4 is 0 Å². The van der Waals surface area contributed by atoms with E-state index in [1.807, 2.05) is 4.90 Å². The van der Waals surface area contributed by atoms with E-state index in [1.165, 1.54) is 16.0 Å². The number of rotatable bonds is 5. The topological polar surface area (TPSA) is 57.7 Å². The summed E-state index contributed by atoms with van der Waals surface area (Å²) in [6.07, 6.45) is 1.29. The third kappa shape index (κ3) is 5.02. The summed E-state index contributed by atoms with van der Waals surface area (Å²) >= 11 is 1.73. The van der Waals surface area contributed by atoms with Gasteiger partial charge in [-0.25, -0.2) is 8.42 Å². The normalized spacial score (nSPS) is 23.3. The van der Waals surface area contributed by atoms with E-state index in [0.29, 0.717) is 25.3 Å². The maximum atomic E-state index is 12.4. The van der Waals surface area contributed by atoms with Crippen LogP contribution in [-0.4, -0.2) is 73.6 Å². The predicted molar refractivity (Wildman–Crippen MR) is 106 cm³/mol. The average molecular weight is 397 g/mol. The Morgan fingerprint density at radius 3 is 2.50 bits per heavy atom. The number of amides is 1. The first-order valence-electron chi connectivity index (χ1n) is 9.26. The fraction of sp³-hybridized carbons (Fsp3) is 0.632. The van der Waals surface area contributed by atoms with Crippen molar-refractivity contribution in [1.82, 2.24) is 9.80 Å². The first kappa shape index (κ1) is 19.7. The second-order valence-corrected chi connectivity index (χ2v) is 10.7. The van der Waals surface area contributed by atoms with E-state index in [2.05, 4.69) is 36.9 Å². The minimum Gasteiger partial charge on any atom is -0.340 e. The molecule has 2 fully saturated rings. The molecule has 0 bridgehead atoms. The maximum Gasteiger partial charge on any atom is 0.223 e. The van der Waals surface area contributed by atoms with Gasteiger partial charge in [0.05, 0.1) is 11.5 Å². The van der Waals surface area contributed by atoms with Gasteiger partial charge in [-0.05, 0) is 43.5 Å². The lowest BCUT2D eigenvalue weighted by atomic mass is 10.1. The van der Waals surface area contributed by atoms with Crippen molar-refractivity contribution >= 4 is 27.5 Å². The molecule has 1 unspecified atom stereocenters. The fourth-order valence-electron chi connectivity index (χ4n) is 3.62. The van der Waals surface area contributed by atoms with Gasteiger partial charge in [-0.3, -0.25) is 9.69 Å². The number of piperazine rings is 1. The molecule has 0 N–H and O–H groups in total. The van der Waals surface area contributed by atoms with Crippen molar-refractivity contribution in [1.29, 1.82) is 0 Å². The third-order valence-electron chi connectivity index (χ3n) is 5.45. The highest BCUT2D eigenvalue weighted by atomic mass is 32.2. The Hall–Kier alpha value is -1.05. The summed E-state index contributed by atoms with van der Waals surface area (Å²) in [5, 5.41) is 0. The van der Waals surface area contributed by atoms with Gasteiger partial charge in [-0.15, -0.1) is 11.8 Å². The Bertz CT molecular complexity index is 756. The molecule has 1 aromatic rings. The number of benzene rings is 1. The molecule has 5 nitrogen and oxygen atoms in total. The van der Waals surface area contributed by atoms with Gasteiger partial charge in [0.15, 0.2) is 9.84 Å². The van der Waals surface area contributed by atoms with E-state index in [1.54, 1.807) is 11.8 Å². The molecule has 2 saturated heterocycles. The standard InChI is InChI=1S/C19H28N2O3S2/c1-15-3-4-18(13-16(15)2)25-11-5-19(22)21-9-7-20(8-10-21)17-6-12-26(23,24)14-17/h3-4,13,17H,5-12,14H2,1-2H3. The molecule has 0 aliphatic carbocycles. The average Bonchev–Trinajstić information content (AvgIpc) is 2.98. The summed E-state index contributed by atoms with van der Waals surface area (Å²) in [6.45, 7) is 7.22. The van der Waals surface area contributed by atoms with Crippen LogP contribution in [0.4, 0.5) is 0 Å². The lowest BCUT2D eigenvalue weighted by Crippen LogP contribution is -2.52. The minimum atomic E-state index is -2.84. The third-order valence-corrected chi connectivity index (χ3v) is 8.20. The molecule has 3 rings (SSSR count). The van der Waals surface area contributed by atoms with Crippen LogP contribution in [0.2, 0.25) is 0 Å². The molecule has 1 atom stereocenters. The summed E-state index contributed by atoms with van der Waals surface area (Å²) in [6, 6.07) is 6.57. The lowest BCUT2D eigenvalue weighted by Gasteiger charge is -2.37. The largest absolute Gasteiger partial charge is 0.340 e. The highest BCUT2D eigenvalue weighted by molar-refractivity contribution is 7.99. The fourth-order valence-corrected chi connectivity index (χ4v) is 6.32. The van der Waals surface area contributed by atoms with Gasteiger partial charge in [-0.2, -0.15) is 0 Å². The molecule has 0 spiro atoms. The van der Waals surface area contributed by atoms with Crippen molar-refractivity contribution in [2.75, 3.05) is 43.4 Å². The second-order valence-electron chi connectivity index (χ2n) is 7.32.